The zero-order valence-electron chi connectivity index (χ0n) is 15.8. The Bertz CT molecular complexity index is 1050. The Balaban J connectivity index is 1.40. The summed E-state index contributed by atoms with van der Waals surface area (Å²) in [4.78, 5) is 26.5. The summed E-state index contributed by atoms with van der Waals surface area (Å²) in [5.74, 6) is -0.583. The number of para-hydroxylation sites is 1. The number of halogens is 1. The Kier molecular flexibility index (Phi) is 5.35. The van der Waals surface area contributed by atoms with Crippen molar-refractivity contribution in [2.24, 2.45) is 0 Å². The van der Waals surface area contributed by atoms with Crippen molar-refractivity contribution < 1.29 is 14.0 Å². The van der Waals surface area contributed by atoms with E-state index in [2.05, 4.69) is 15.5 Å². The van der Waals surface area contributed by atoms with Gasteiger partial charge in [0.05, 0.1) is 6.42 Å². The van der Waals surface area contributed by atoms with Crippen LogP contribution in [-0.2, 0) is 16.0 Å². The van der Waals surface area contributed by atoms with Crippen LogP contribution in [-0.4, -0.2) is 28.6 Å². The topological polar surface area (TPSA) is 75.2 Å². The molecule has 3 aromatic rings. The van der Waals surface area contributed by atoms with Gasteiger partial charge >= 0.3 is 0 Å². The van der Waals surface area contributed by atoms with Crippen molar-refractivity contribution in [2.45, 2.75) is 25.7 Å². The van der Waals surface area contributed by atoms with Crippen LogP contribution in [0.1, 0.15) is 28.5 Å². The highest BCUT2D eigenvalue weighted by Gasteiger charge is 2.34. The molecule has 1 aliphatic heterocycles. The number of aryl methyl sites for hydroxylation is 1. The Hall–Kier alpha value is -3.13. The van der Waals surface area contributed by atoms with Crippen LogP contribution in [0.2, 0.25) is 0 Å². The second kappa shape index (κ2) is 8.08. The minimum absolute atomic E-state index is 0.0534. The van der Waals surface area contributed by atoms with E-state index in [1.807, 2.05) is 31.2 Å². The summed E-state index contributed by atoms with van der Waals surface area (Å²) in [6.45, 7) is 2.53. The molecule has 1 aromatic heterocycles. The monoisotopic (exact) mass is 410 g/mol. The average molecular weight is 410 g/mol. The van der Waals surface area contributed by atoms with E-state index < -0.39 is 0 Å². The lowest BCUT2D eigenvalue weighted by Gasteiger charge is -2.18. The van der Waals surface area contributed by atoms with Crippen LogP contribution in [0.3, 0.4) is 0 Å². The largest absolute Gasteiger partial charge is 0.311 e. The first-order valence-electron chi connectivity index (χ1n) is 9.23. The summed E-state index contributed by atoms with van der Waals surface area (Å²) >= 11 is 1.28. The van der Waals surface area contributed by atoms with Crippen LogP contribution in [0.5, 0.6) is 0 Å². The molecule has 1 N–H and O–H groups in total. The Labute approximate surface area is 171 Å². The number of benzene rings is 2. The SMILES string of the molecule is Cc1ccccc1N1C[C@H](c2nnc(NC(=O)Cc3ccc(F)cc3)s2)CC1=O. The lowest BCUT2D eigenvalue weighted by molar-refractivity contribution is -0.117. The molecule has 2 aromatic carbocycles. The molecule has 0 bridgehead atoms. The Morgan fingerprint density at radius 3 is 2.72 bits per heavy atom. The van der Waals surface area contributed by atoms with Crippen molar-refractivity contribution in [2.75, 3.05) is 16.8 Å². The third kappa shape index (κ3) is 4.32. The van der Waals surface area contributed by atoms with E-state index in [1.54, 1.807) is 17.0 Å². The van der Waals surface area contributed by atoms with Crippen LogP contribution >= 0.6 is 11.3 Å². The maximum Gasteiger partial charge on any atom is 0.230 e. The highest BCUT2D eigenvalue weighted by molar-refractivity contribution is 7.15. The highest BCUT2D eigenvalue weighted by atomic mass is 32.1. The smallest absolute Gasteiger partial charge is 0.230 e. The van der Waals surface area contributed by atoms with Gasteiger partial charge in [0.25, 0.3) is 0 Å². The molecule has 6 nitrogen and oxygen atoms in total. The van der Waals surface area contributed by atoms with Crippen LogP contribution < -0.4 is 10.2 Å². The van der Waals surface area contributed by atoms with Crippen LogP contribution in [0.15, 0.2) is 48.5 Å². The van der Waals surface area contributed by atoms with Crippen LogP contribution in [0.25, 0.3) is 0 Å². The zero-order valence-corrected chi connectivity index (χ0v) is 16.6. The lowest BCUT2D eigenvalue weighted by Crippen LogP contribution is -2.25. The maximum atomic E-state index is 13.0. The molecule has 0 aliphatic carbocycles. The molecular weight excluding hydrogens is 391 g/mol. The number of nitrogens with one attached hydrogen (secondary N) is 1. The predicted molar refractivity (Wildman–Crippen MR) is 110 cm³/mol. The molecule has 8 heteroatoms. The van der Waals surface area contributed by atoms with Crippen molar-refractivity contribution in [3.63, 3.8) is 0 Å². The molecule has 4 rings (SSSR count). The van der Waals surface area contributed by atoms with Gasteiger partial charge in [-0.3, -0.25) is 9.59 Å². The molecule has 0 spiro atoms. The third-order valence-corrected chi connectivity index (χ3v) is 5.85. The number of carbonyl (C=O) groups excluding carboxylic acids is 2. The standard InChI is InChI=1S/C21H19FN4O2S/c1-13-4-2-3-5-17(13)26-12-15(11-19(26)28)20-24-25-21(29-20)23-18(27)10-14-6-8-16(22)9-7-14/h2-9,15H,10-12H2,1H3,(H,23,25,27)/t15-/m1/s1. The molecule has 1 atom stereocenters. The van der Waals surface area contributed by atoms with Gasteiger partial charge in [-0.25, -0.2) is 4.39 Å². The molecule has 0 unspecified atom stereocenters. The fraction of sp³-hybridized carbons (Fsp3) is 0.238. The molecule has 1 fully saturated rings. The summed E-state index contributed by atoms with van der Waals surface area (Å²) in [6.07, 6.45) is 0.491. The molecule has 2 amide bonds. The summed E-state index contributed by atoms with van der Waals surface area (Å²) in [6, 6.07) is 13.6. The molecule has 2 heterocycles. The first-order chi connectivity index (χ1) is 14.0. The van der Waals surface area contributed by atoms with Gasteiger partial charge in [-0.05, 0) is 36.2 Å². The van der Waals surface area contributed by atoms with Gasteiger partial charge < -0.3 is 10.2 Å². The van der Waals surface area contributed by atoms with Crippen molar-refractivity contribution in [3.05, 3.63) is 70.5 Å². The number of nitrogens with zero attached hydrogens (tertiary/aromatic N) is 3. The van der Waals surface area contributed by atoms with E-state index in [0.29, 0.717) is 23.7 Å². The average Bonchev–Trinajstić information content (AvgIpc) is 3.31. The molecular formula is C21H19FN4O2S. The van der Waals surface area contributed by atoms with Gasteiger partial charge in [0, 0.05) is 24.6 Å². The number of anilines is 2. The van der Waals surface area contributed by atoms with Crippen LogP contribution in [0, 0.1) is 12.7 Å². The van der Waals surface area contributed by atoms with Crippen molar-refractivity contribution >= 4 is 34.0 Å². The second-order valence-corrected chi connectivity index (χ2v) is 8.00. The van der Waals surface area contributed by atoms with Gasteiger partial charge in [-0.1, -0.05) is 41.7 Å². The number of hydrogen-bond donors (Lipinski definition) is 1. The number of aromatic nitrogens is 2. The lowest BCUT2D eigenvalue weighted by atomic mass is 10.1. The van der Waals surface area contributed by atoms with Crippen molar-refractivity contribution in [3.8, 4) is 0 Å². The van der Waals surface area contributed by atoms with E-state index in [-0.39, 0.29) is 30.0 Å². The minimum Gasteiger partial charge on any atom is -0.311 e. The predicted octanol–water partition coefficient (Wildman–Crippen LogP) is 3.69. The quantitative estimate of drug-likeness (QED) is 0.696. The Morgan fingerprint density at radius 2 is 1.97 bits per heavy atom. The highest BCUT2D eigenvalue weighted by Crippen LogP contribution is 2.35. The molecule has 0 radical (unpaired) electrons. The number of amides is 2. The summed E-state index contributed by atoms with van der Waals surface area (Å²) < 4.78 is 13.0. The molecule has 1 aliphatic rings. The van der Waals surface area contributed by atoms with E-state index in [4.69, 9.17) is 0 Å². The van der Waals surface area contributed by atoms with Gasteiger partial charge in [0.2, 0.25) is 16.9 Å². The maximum absolute atomic E-state index is 13.0. The molecule has 148 valence electrons. The van der Waals surface area contributed by atoms with E-state index in [9.17, 15) is 14.0 Å². The van der Waals surface area contributed by atoms with Gasteiger partial charge in [0.15, 0.2) is 0 Å². The normalized spacial score (nSPS) is 16.3. The van der Waals surface area contributed by atoms with Crippen molar-refractivity contribution in [1.82, 2.24) is 10.2 Å². The fourth-order valence-electron chi connectivity index (χ4n) is 3.37. The summed E-state index contributed by atoms with van der Waals surface area (Å²) in [7, 11) is 0. The van der Waals surface area contributed by atoms with E-state index in [1.165, 1.54) is 23.5 Å². The van der Waals surface area contributed by atoms with Gasteiger partial charge in [0.1, 0.15) is 10.8 Å². The number of carbonyl (C=O) groups is 2. The molecule has 29 heavy (non-hydrogen) atoms. The van der Waals surface area contributed by atoms with Crippen molar-refractivity contribution in [1.29, 1.82) is 0 Å². The van der Waals surface area contributed by atoms with Gasteiger partial charge in [-0.15, -0.1) is 10.2 Å². The second-order valence-electron chi connectivity index (χ2n) is 6.99. The van der Waals surface area contributed by atoms with Gasteiger partial charge in [-0.2, -0.15) is 0 Å². The number of rotatable bonds is 5. The molecule has 1 saturated heterocycles. The first-order valence-corrected chi connectivity index (χ1v) is 10.0. The van der Waals surface area contributed by atoms with Crippen LogP contribution in [0.4, 0.5) is 15.2 Å². The molecule has 0 saturated carbocycles. The minimum atomic E-state index is -0.339. The first kappa shape index (κ1) is 19.2. The fourth-order valence-corrected chi connectivity index (χ4v) is 4.22. The zero-order chi connectivity index (χ0) is 20.4. The third-order valence-electron chi connectivity index (χ3n) is 4.85. The van der Waals surface area contributed by atoms with E-state index >= 15 is 0 Å². The Morgan fingerprint density at radius 1 is 1.21 bits per heavy atom. The number of hydrogen-bond acceptors (Lipinski definition) is 5. The summed E-state index contributed by atoms with van der Waals surface area (Å²) in [5, 5.41) is 12.1. The van der Waals surface area contributed by atoms with E-state index in [0.717, 1.165) is 16.3 Å². The summed E-state index contributed by atoms with van der Waals surface area (Å²) in [5.41, 5.74) is 2.67.